The Morgan fingerprint density at radius 1 is 1.52 bits per heavy atom. The van der Waals surface area contributed by atoms with Gasteiger partial charge in [-0.05, 0) is 31.0 Å². The molecule has 7 heteroatoms. The topological polar surface area (TPSA) is 84.4 Å². The van der Waals surface area contributed by atoms with Crippen molar-refractivity contribution in [3.63, 3.8) is 0 Å². The summed E-state index contributed by atoms with van der Waals surface area (Å²) in [7, 11) is 0. The Labute approximate surface area is 132 Å². The second kappa shape index (κ2) is 5.19. The number of benzene rings is 1. The lowest BCUT2D eigenvalue weighted by molar-refractivity contribution is 0.125. The fourth-order valence-corrected chi connectivity index (χ4v) is 3.67. The summed E-state index contributed by atoms with van der Waals surface area (Å²) in [6, 6.07) is 4.12. The van der Waals surface area contributed by atoms with Crippen LogP contribution < -0.4 is 11.1 Å². The zero-order chi connectivity index (χ0) is 16.0. The third-order valence-electron chi connectivity index (χ3n) is 5.26. The molecule has 1 atom stereocenters. The molecule has 122 valence electrons. The van der Waals surface area contributed by atoms with Crippen molar-refractivity contribution in [2.75, 3.05) is 13.1 Å². The molecular weight excluding hydrogens is 299 g/mol. The van der Waals surface area contributed by atoms with E-state index in [1.807, 2.05) is 0 Å². The minimum atomic E-state index is -0.356. The van der Waals surface area contributed by atoms with Crippen LogP contribution in [0.2, 0.25) is 0 Å². The first-order chi connectivity index (χ1) is 11.1. The summed E-state index contributed by atoms with van der Waals surface area (Å²) in [5, 5.41) is 7.32. The van der Waals surface area contributed by atoms with Crippen LogP contribution in [0.4, 0.5) is 9.18 Å². The molecule has 0 radical (unpaired) electrons. The van der Waals surface area contributed by atoms with Gasteiger partial charge in [-0.3, -0.25) is 0 Å². The standard InChI is InChI=1S/C16H19FN4O2/c17-10-2-3-13-11(6-10)12(20-23-13)7-19-15(22)21-8-14(18)16(9-21)4-1-5-16/h2-3,6,14H,1,4-5,7-9,18H2,(H,19,22). The quantitative estimate of drug-likeness (QED) is 0.887. The summed E-state index contributed by atoms with van der Waals surface area (Å²) < 4.78 is 18.5. The number of aromatic nitrogens is 1. The van der Waals surface area contributed by atoms with E-state index in [4.69, 9.17) is 10.3 Å². The van der Waals surface area contributed by atoms with Gasteiger partial charge in [-0.1, -0.05) is 11.6 Å². The number of halogens is 1. The summed E-state index contributed by atoms with van der Waals surface area (Å²) in [6.45, 7) is 1.50. The molecule has 3 N–H and O–H groups in total. The van der Waals surface area contributed by atoms with E-state index in [1.54, 1.807) is 4.90 Å². The molecular formula is C16H19FN4O2. The van der Waals surface area contributed by atoms with E-state index in [2.05, 4.69) is 10.5 Å². The molecule has 4 rings (SSSR count). The Kier molecular flexibility index (Phi) is 3.26. The fraction of sp³-hybridized carbons (Fsp3) is 0.500. The molecule has 2 aliphatic rings. The van der Waals surface area contributed by atoms with E-state index in [-0.39, 0.29) is 29.8 Å². The monoisotopic (exact) mass is 318 g/mol. The molecule has 1 aromatic heterocycles. The van der Waals surface area contributed by atoms with Gasteiger partial charge >= 0.3 is 6.03 Å². The molecule has 1 aliphatic carbocycles. The van der Waals surface area contributed by atoms with Crippen molar-refractivity contribution in [1.82, 2.24) is 15.4 Å². The molecule has 1 unspecified atom stereocenters. The van der Waals surface area contributed by atoms with Gasteiger partial charge in [0.2, 0.25) is 0 Å². The molecule has 2 aromatic rings. The van der Waals surface area contributed by atoms with Crippen LogP contribution in [0.5, 0.6) is 0 Å². The zero-order valence-corrected chi connectivity index (χ0v) is 12.7. The predicted octanol–water partition coefficient (Wildman–Crippen LogP) is 1.99. The van der Waals surface area contributed by atoms with Crippen LogP contribution in [-0.2, 0) is 6.54 Å². The van der Waals surface area contributed by atoms with Crippen molar-refractivity contribution in [2.45, 2.75) is 31.8 Å². The van der Waals surface area contributed by atoms with Crippen LogP contribution in [0, 0.1) is 11.2 Å². The van der Waals surface area contributed by atoms with Crippen molar-refractivity contribution >= 4 is 17.0 Å². The number of urea groups is 1. The zero-order valence-electron chi connectivity index (χ0n) is 12.7. The third kappa shape index (κ3) is 2.35. The molecule has 2 amide bonds. The maximum atomic E-state index is 13.3. The van der Waals surface area contributed by atoms with Crippen LogP contribution in [0.1, 0.15) is 25.0 Å². The van der Waals surface area contributed by atoms with Crippen molar-refractivity contribution in [3.05, 3.63) is 29.7 Å². The Morgan fingerprint density at radius 2 is 2.35 bits per heavy atom. The van der Waals surface area contributed by atoms with Gasteiger partial charge in [0.1, 0.15) is 11.5 Å². The van der Waals surface area contributed by atoms with Crippen LogP contribution in [0.25, 0.3) is 11.0 Å². The van der Waals surface area contributed by atoms with Gasteiger partial charge in [-0.2, -0.15) is 0 Å². The number of hydrogen-bond acceptors (Lipinski definition) is 4. The number of fused-ring (bicyclic) bond motifs is 1. The molecule has 1 aliphatic heterocycles. The highest BCUT2D eigenvalue weighted by Crippen LogP contribution is 2.47. The molecule has 2 fully saturated rings. The lowest BCUT2D eigenvalue weighted by Gasteiger charge is -2.41. The molecule has 23 heavy (non-hydrogen) atoms. The van der Waals surface area contributed by atoms with Gasteiger partial charge in [0.05, 0.1) is 6.54 Å². The normalized spacial score (nSPS) is 22.5. The highest BCUT2D eigenvalue weighted by Gasteiger charge is 2.49. The average molecular weight is 318 g/mol. The molecule has 1 saturated carbocycles. The third-order valence-corrected chi connectivity index (χ3v) is 5.26. The first kappa shape index (κ1) is 14.4. The molecule has 6 nitrogen and oxygen atoms in total. The minimum Gasteiger partial charge on any atom is -0.356 e. The van der Waals surface area contributed by atoms with E-state index >= 15 is 0 Å². The van der Waals surface area contributed by atoms with Crippen LogP contribution in [0.15, 0.2) is 22.7 Å². The Morgan fingerprint density at radius 3 is 3.04 bits per heavy atom. The number of carbonyl (C=O) groups is 1. The van der Waals surface area contributed by atoms with E-state index < -0.39 is 0 Å². The first-order valence-corrected chi connectivity index (χ1v) is 7.90. The largest absolute Gasteiger partial charge is 0.356 e. The fourth-order valence-electron chi connectivity index (χ4n) is 3.67. The van der Waals surface area contributed by atoms with Gasteiger partial charge in [0, 0.05) is 29.9 Å². The molecule has 2 heterocycles. The number of nitrogens with one attached hydrogen (secondary N) is 1. The Balaban J connectivity index is 1.42. The van der Waals surface area contributed by atoms with Crippen molar-refractivity contribution in [1.29, 1.82) is 0 Å². The van der Waals surface area contributed by atoms with Crippen molar-refractivity contribution in [3.8, 4) is 0 Å². The second-order valence-electron chi connectivity index (χ2n) is 6.63. The highest BCUT2D eigenvalue weighted by molar-refractivity contribution is 5.80. The number of nitrogens with zero attached hydrogens (tertiary/aromatic N) is 2. The van der Waals surface area contributed by atoms with Gasteiger partial charge in [-0.15, -0.1) is 0 Å². The number of rotatable bonds is 2. The number of amides is 2. The lowest BCUT2D eigenvalue weighted by Crippen LogP contribution is -2.45. The van der Waals surface area contributed by atoms with Crippen molar-refractivity contribution in [2.24, 2.45) is 11.1 Å². The van der Waals surface area contributed by atoms with Gasteiger partial charge in [-0.25, -0.2) is 9.18 Å². The van der Waals surface area contributed by atoms with Gasteiger partial charge in [0.25, 0.3) is 0 Å². The number of likely N-dealkylation sites (tertiary alicyclic amines) is 1. The van der Waals surface area contributed by atoms with Crippen molar-refractivity contribution < 1.29 is 13.7 Å². The summed E-state index contributed by atoms with van der Waals surface area (Å²) >= 11 is 0. The number of carbonyl (C=O) groups excluding carboxylic acids is 1. The first-order valence-electron chi connectivity index (χ1n) is 7.90. The van der Waals surface area contributed by atoms with Gasteiger partial charge < -0.3 is 20.5 Å². The van der Waals surface area contributed by atoms with Gasteiger partial charge in [0.15, 0.2) is 5.58 Å². The summed E-state index contributed by atoms with van der Waals surface area (Å²) in [5.41, 5.74) is 7.35. The second-order valence-corrected chi connectivity index (χ2v) is 6.63. The lowest BCUT2D eigenvalue weighted by atomic mass is 9.66. The summed E-state index contributed by atoms with van der Waals surface area (Å²) in [6.07, 6.45) is 3.40. The Hall–Kier alpha value is -2.15. The number of hydrogen-bond donors (Lipinski definition) is 2. The molecule has 0 bridgehead atoms. The predicted molar refractivity (Wildman–Crippen MR) is 82.0 cm³/mol. The average Bonchev–Trinajstić information content (AvgIpc) is 3.05. The van der Waals surface area contributed by atoms with Crippen LogP contribution in [0.3, 0.4) is 0 Å². The SMILES string of the molecule is NC1CN(C(=O)NCc2noc3ccc(F)cc23)CC12CCC2. The van der Waals surface area contributed by atoms with E-state index in [0.29, 0.717) is 29.8 Å². The minimum absolute atomic E-state index is 0.0592. The maximum absolute atomic E-state index is 13.3. The molecule has 1 spiro atoms. The molecule has 1 saturated heterocycles. The van der Waals surface area contributed by atoms with Crippen LogP contribution in [-0.4, -0.2) is 35.2 Å². The maximum Gasteiger partial charge on any atom is 0.317 e. The van der Waals surface area contributed by atoms with E-state index in [9.17, 15) is 9.18 Å². The van der Waals surface area contributed by atoms with E-state index in [0.717, 1.165) is 12.8 Å². The smallest absolute Gasteiger partial charge is 0.317 e. The number of nitrogens with two attached hydrogens (primary N) is 1. The summed E-state index contributed by atoms with van der Waals surface area (Å²) in [4.78, 5) is 14.1. The van der Waals surface area contributed by atoms with Crippen LogP contribution >= 0.6 is 0 Å². The van der Waals surface area contributed by atoms with E-state index in [1.165, 1.54) is 24.6 Å². The highest BCUT2D eigenvalue weighted by atomic mass is 19.1. The summed E-state index contributed by atoms with van der Waals surface area (Å²) in [5.74, 6) is -0.356. The molecule has 1 aromatic carbocycles. The Bertz CT molecular complexity index is 756.